The van der Waals surface area contributed by atoms with E-state index >= 15 is 0 Å². The van der Waals surface area contributed by atoms with Gasteiger partial charge in [-0.15, -0.1) is 11.3 Å². The molecule has 1 aromatic heterocycles. The first-order valence-electron chi connectivity index (χ1n) is 9.50. The first-order valence-corrected chi connectivity index (χ1v) is 10.4. The number of aromatic nitrogens is 1. The Bertz CT molecular complexity index is 722. The van der Waals surface area contributed by atoms with E-state index in [-0.39, 0.29) is 0 Å². The van der Waals surface area contributed by atoms with E-state index in [0.29, 0.717) is 0 Å². The van der Waals surface area contributed by atoms with Gasteiger partial charge in [-0.05, 0) is 18.9 Å². The van der Waals surface area contributed by atoms with Gasteiger partial charge in [0, 0.05) is 50.7 Å². The van der Waals surface area contributed by atoms with E-state index in [1.807, 2.05) is 14.0 Å². The van der Waals surface area contributed by atoms with E-state index in [1.54, 1.807) is 11.3 Å². The predicted octanol–water partition coefficient (Wildman–Crippen LogP) is 2.16. The molecule has 0 spiro atoms. The molecule has 0 amide bonds. The summed E-state index contributed by atoms with van der Waals surface area (Å²) in [4.78, 5) is 11.3. The van der Waals surface area contributed by atoms with E-state index in [0.717, 1.165) is 69.0 Å². The minimum absolute atomic E-state index is 0.841. The number of hydrogen-bond acceptors (Lipinski definition) is 5. The molecule has 1 aromatic carbocycles. The van der Waals surface area contributed by atoms with Crippen molar-refractivity contribution >= 4 is 17.3 Å². The van der Waals surface area contributed by atoms with Gasteiger partial charge in [0.05, 0.1) is 23.9 Å². The molecule has 1 aliphatic rings. The number of guanidine groups is 1. The molecule has 0 aliphatic carbocycles. The van der Waals surface area contributed by atoms with Crippen LogP contribution in [0.4, 0.5) is 0 Å². The SMILES string of the molecule is CN=C(NCCc1ccc(-c2csc(C)n2)cc1)NCCN1CCOCC1. The standard InChI is InChI=1S/C20H29N5OS/c1-16-24-19(15-27-16)18-5-3-17(4-6-18)7-8-22-20(21-2)23-9-10-25-11-13-26-14-12-25/h3-6,15H,7-14H2,1-2H3,(H2,21,22,23). The van der Waals surface area contributed by atoms with Gasteiger partial charge in [-0.2, -0.15) is 0 Å². The minimum atomic E-state index is 0.841. The molecule has 1 aliphatic heterocycles. The lowest BCUT2D eigenvalue weighted by atomic mass is 10.1. The maximum absolute atomic E-state index is 5.38. The second-order valence-electron chi connectivity index (χ2n) is 6.58. The fourth-order valence-electron chi connectivity index (χ4n) is 3.04. The number of hydrogen-bond donors (Lipinski definition) is 2. The van der Waals surface area contributed by atoms with Crippen molar-refractivity contribution in [2.75, 3.05) is 53.0 Å². The summed E-state index contributed by atoms with van der Waals surface area (Å²) in [6.45, 7) is 8.52. The molecule has 146 valence electrons. The summed E-state index contributed by atoms with van der Waals surface area (Å²) in [5, 5.41) is 9.99. The quantitative estimate of drug-likeness (QED) is 0.563. The lowest BCUT2D eigenvalue weighted by Crippen LogP contribution is -2.44. The van der Waals surface area contributed by atoms with E-state index in [1.165, 1.54) is 11.1 Å². The van der Waals surface area contributed by atoms with Gasteiger partial charge in [0.2, 0.25) is 0 Å². The molecule has 1 saturated heterocycles. The topological polar surface area (TPSA) is 61.8 Å². The predicted molar refractivity (Wildman–Crippen MR) is 113 cm³/mol. The molecule has 2 heterocycles. The molecule has 0 saturated carbocycles. The van der Waals surface area contributed by atoms with Crippen LogP contribution in [0.1, 0.15) is 10.6 Å². The zero-order chi connectivity index (χ0) is 18.9. The Morgan fingerprint density at radius 3 is 2.59 bits per heavy atom. The highest BCUT2D eigenvalue weighted by atomic mass is 32.1. The van der Waals surface area contributed by atoms with Crippen molar-refractivity contribution in [3.05, 3.63) is 40.2 Å². The first-order chi connectivity index (χ1) is 13.2. The summed E-state index contributed by atoms with van der Waals surface area (Å²) in [7, 11) is 1.81. The van der Waals surface area contributed by atoms with Crippen LogP contribution in [0, 0.1) is 6.92 Å². The third kappa shape index (κ3) is 6.30. The average Bonchev–Trinajstić information content (AvgIpc) is 3.14. The second kappa shape index (κ2) is 10.4. The molecule has 2 N–H and O–H groups in total. The summed E-state index contributed by atoms with van der Waals surface area (Å²) in [5.74, 6) is 0.859. The summed E-state index contributed by atoms with van der Waals surface area (Å²) in [6, 6.07) is 8.67. The van der Waals surface area contributed by atoms with Gasteiger partial charge < -0.3 is 15.4 Å². The van der Waals surface area contributed by atoms with Crippen LogP contribution in [-0.2, 0) is 11.2 Å². The Labute approximate surface area is 165 Å². The van der Waals surface area contributed by atoms with Gasteiger partial charge in [-0.3, -0.25) is 9.89 Å². The van der Waals surface area contributed by atoms with Crippen LogP contribution in [0.3, 0.4) is 0 Å². The monoisotopic (exact) mass is 387 g/mol. The van der Waals surface area contributed by atoms with Crippen LogP contribution in [-0.4, -0.2) is 68.8 Å². The van der Waals surface area contributed by atoms with Crippen molar-refractivity contribution in [1.82, 2.24) is 20.5 Å². The Morgan fingerprint density at radius 2 is 1.93 bits per heavy atom. The van der Waals surface area contributed by atoms with Crippen molar-refractivity contribution in [3.63, 3.8) is 0 Å². The highest BCUT2D eigenvalue weighted by Crippen LogP contribution is 2.21. The van der Waals surface area contributed by atoms with Crippen molar-refractivity contribution in [2.24, 2.45) is 4.99 Å². The Morgan fingerprint density at radius 1 is 1.19 bits per heavy atom. The molecule has 3 rings (SSSR count). The smallest absolute Gasteiger partial charge is 0.191 e. The molecular weight excluding hydrogens is 358 g/mol. The maximum atomic E-state index is 5.38. The van der Waals surface area contributed by atoms with E-state index < -0.39 is 0 Å². The number of rotatable bonds is 7. The van der Waals surface area contributed by atoms with Crippen LogP contribution >= 0.6 is 11.3 Å². The average molecular weight is 388 g/mol. The van der Waals surface area contributed by atoms with Gasteiger partial charge in [0.1, 0.15) is 0 Å². The molecule has 27 heavy (non-hydrogen) atoms. The summed E-state index contributed by atoms with van der Waals surface area (Å²) in [6.07, 6.45) is 0.959. The van der Waals surface area contributed by atoms with Crippen LogP contribution in [0.25, 0.3) is 11.3 Å². The molecule has 2 aromatic rings. The summed E-state index contributed by atoms with van der Waals surface area (Å²) >= 11 is 1.69. The van der Waals surface area contributed by atoms with Gasteiger partial charge in [-0.1, -0.05) is 24.3 Å². The Balaban J connectivity index is 1.37. The van der Waals surface area contributed by atoms with Crippen LogP contribution in [0.5, 0.6) is 0 Å². The van der Waals surface area contributed by atoms with Gasteiger partial charge in [-0.25, -0.2) is 4.98 Å². The first kappa shape index (κ1) is 19.8. The number of thiazole rings is 1. The number of nitrogens with one attached hydrogen (secondary N) is 2. The third-order valence-electron chi connectivity index (χ3n) is 4.62. The molecule has 0 radical (unpaired) electrons. The number of morpholine rings is 1. The summed E-state index contributed by atoms with van der Waals surface area (Å²) in [5.41, 5.74) is 3.55. The highest BCUT2D eigenvalue weighted by molar-refractivity contribution is 7.09. The zero-order valence-corrected chi connectivity index (χ0v) is 17.0. The van der Waals surface area contributed by atoms with Crippen LogP contribution < -0.4 is 10.6 Å². The number of aryl methyl sites for hydroxylation is 1. The number of aliphatic imine (C=N–C) groups is 1. The van der Waals surface area contributed by atoms with Gasteiger partial charge >= 0.3 is 0 Å². The van der Waals surface area contributed by atoms with Gasteiger partial charge in [0.15, 0.2) is 5.96 Å². The van der Waals surface area contributed by atoms with E-state index in [2.05, 4.69) is 55.2 Å². The lowest BCUT2D eigenvalue weighted by Gasteiger charge is -2.26. The number of ether oxygens (including phenoxy) is 1. The molecule has 6 nitrogen and oxygen atoms in total. The van der Waals surface area contributed by atoms with Crippen LogP contribution in [0.15, 0.2) is 34.6 Å². The third-order valence-corrected chi connectivity index (χ3v) is 5.40. The fraction of sp³-hybridized carbons (Fsp3) is 0.500. The van der Waals surface area contributed by atoms with E-state index in [4.69, 9.17) is 4.74 Å². The maximum Gasteiger partial charge on any atom is 0.191 e. The molecule has 0 bridgehead atoms. The number of nitrogens with zero attached hydrogens (tertiary/aromatic N) is 3. The molecule has 7 heteroatoms. The second-order valence-corrected chi connectivity index (χ2v) is 7.64. The Kier molecular flexibility index (Phi) is 7.62. The zero-order valence-electron chi connectivity index (χ0n) is 16.2. The highest BCUT2D eigenvalue weighted by Gasteiger charge is 2.09. The molecular formula is C20H29N5OS. The van der Waals surface area contributed by atoms with Gasteiger partial charge in [0.25, 0.3) is 0 Å². The lowest BCUT2D eigenvalue weighted by molar-refractivity contribution is 0.0389. The molecule has 0 atom stereocenters. The normalized spacial score (nSPS) is 15.7. The summed E-state index contributed by atoms with van der Waals surface area (Å²) < 4.78 is 5.38. The molecule has 0 unspecified atom stereocenters. The molecule has 1 fully saturated rings. The minimum Gasteiger partial charge on any atom is -0.379 e. The van der Waals surface area contributed by atoms with E-state index in [9.17, 15) is 0 Å². The van der Waals surface area contributed by atoms with Crippen molar-refractivity contribution in [3.8, 4) is 11.3 Å². The number of benzene rings is 1. The van der Waals surface area contributed by atoms with Crippen molar-refractivity contribution < 1.29 is 4.74 Å². The van der Waals surface area contributed by atoms with Crippen molar-refractivity contribution in [2.45, 2.75) is 13.3 Å². The van der Waals surface area contributed by atoms with Crippen LogP contribution in [0.2, 0.25) is 0 Å². The largest absolute Gasteiger partial charge is 0.379 e. The fourth-order valence-corrected chi connectivity index (χ4v) is 3.66. The Hall–Kier alpha value is -1.96. The van der Waals surface area contributed by atoms with Crippen molar-refractivity contribution in [1.29, 1.82) is 0 Å².